The number of nitrogens with zero attached hydrogens (tertiary/aromatic N) is 3. The standard InChI is InChI=1S/C29H37N5O2S/c1-18(2)30-26(35)23-12-13-24-25(15-23)34-28(33(27(24)36)16-21-10-8-19(3)9-11-21)31-32-29(34)37-17-22-7-5-6-20(4)14-22/h5-11,14,18,23-25,28,31H,12-13,15-17H2,1-4H3,(H,30,35). The number of hydrogen-bond donors (Lipinski definition) is 2. The van der Waals surface area contributed by atoms with E-state index in [0.717, 1.165) is 22.9 Å². The molecule has 2 heterocycles. The van der Waals surface area contributed by atoms with Crippen molar-refractivity contribution in [2.24, 2.45) is 16.9 Å². The highest BCUT2D eigenvalue weighted by atomic mass is 32.2. The maximum Gasteiger partial charge on any atom is 0.231 e. The SMILES string of the molecule is Cc1ccc(CN2C(=O)C3CCC(C(=O)NC(C)C)CC3N3C(SCc4cccc(C)c4)=NNC23)cc1. The van der Waals surface area contributed by atoms with Crippen LogP contribution in [0.2, 0.25) is 0 Å². The fourth-order valence-electron chi connectivity index (χ4n) is 5.71. The molecule has 2 fully saturated rings. The average molecular weight is 520 g/mol. The lowest BCUT2D eigenvalue weighted by molar-refractivity contribution is -0.159. The average Bonchev–Trinajstić information content (AvgIpc) is 3.30. The molecule has 4 atom stereocenters. The van der Waals surface area contributed by atoms with Gasteiger partial charge < -0.3 is 10.2 Å². The molecule has 2 aromatic rings. The predicted octanol–water partition coefficient (Wildman–Crippen LogP) is 4.35. The number of fused-ring (bicyclic) bond motifs is 3. The van der Waals surface area contributed by atoms with Crippen molar-refractivity contribution in [2.75, 3.05) is 0 Å². The third-order valence-corrected chi connectivity index (χ3v) is 8.59. The van der Waals surface area contributed by atoms with Gasteiger partial charge in [-0.3, -0.25) is 19.9 Å². The van der Waals surface area contributed by atoms with Crippen LogP contribution in [0, 0.1) is 25.7 Å². The lowest BCUT2D eigenvalue weighted by Gasteiger charge is -2.51. The minimum absolute atomic E-state index is 0.0535. The highest BCUT2D eigenvalue weighted by Crippen LogP contribution is 2.41. The molecule has 196 valence electrons. The largest absolute Gasteiger partial charge is 0.354 e. The smallest absolute Gasteiger partial charge is 0.231 e. The highest BCUT2D eigenvalue weighted by molar-refractivity contribution is 8.13. The molecule has 7 nitrogen and oxygen atoms in total. The molecular formula is C29H37N5O2S. The Hall–Kier alpha value is -3.00. The van der Waals surface area contributed by atoms with Crippen LogP contribution in [0.5, 0.6) is 0 Å². The van der Waals surface area contributed by atoms with Crippen LogP contribution < -0.4 is 10.7 Å². The van der Waals surface area contributed by atoms with Crippen molar-refractivity contribution in [1.29, 1.82) is 0 Å². The van der Waals surface area contributed by atoms with Gasteiger partial charge in [-0.2, -0.15) is 5.10 Å². The number of benzene rings is 2. The first kappa shape index (κ1) is 25.6. The molecule has 0 spiro atoms. The van der Waals surface area contributed by atoms with Crippen molar-refractivity contribution in [3.05, 3.63) is 70.8 Å². The third-order valence-electron chi connectivity index (χ3n) is 7.56. The molecule has 2 aromatic carbocycles. The van der Waals surface area contributed by atoms with Gasteiger partial charge in [-0.15, -0.1) is 0 Å². The Bertz CT molecular complexity index is 1180. The molecule has 0 aromatic heterocycles. The second kappa shape index (κ2) is 10.8. The number of nitrogens with one attached hydrogen (secondary N) is 2. The van der Waals surface area contributed by atoms with E-state index in [4.69, 9.17) is 5.10 Å². The minimum atomic E-state index is -0.345. The molecule has 5 rings (SSSR count). The predicted molar refractivity (Wildman–Crippen MR) is 148 cm³/mol. The topological polar surface area (TPSA) is 77.0 Å². The molecule has 1 saturated heterocycles. The Morgan fingerprint density at radius 1 is 1.11 bits per heavy atom. The molecule has 0 bridgehead atoms. The van der Waals surface area contributed by atoms with E-state index in [0.29, 0.717) is 19.4 Å². The summed E-state index contributed by atoms with van der Waals surface area (Å²) < 4.78 is 0. The fraction of sp³-hybridized carbons (Fsp3) is 0.483. The van der Waals surface area contributed by atoms with E-state index in [1.54, 1.807) is 11.8 Å². The van der Waals surface area contributed by atoms with E-state index in [2.05, 4.69) is 78.0 Å². The Labute approximate surface area is 224 Å². The normalized spacial score (nSPS) is 24.9. The van der Waals surface area contributed by atoms with E-state index in [1.807, 2.05) is 18.7 Å². The molecule has 1 saturated carbocycles. The Morgan fingerprint density at radius 2 is 1.89 bits per heavy atom. The van der Waals surface area contributed by atoms with Crippen molar-refractivity contribution in [2.45, 2.75) is 77.6 Å². The van der Waals surface area contributed by atoms with Crippen molar-refractivity contribution in [3.8, 4) is 0 Å². The number of amides is 2. The molecule has 2 aliphatic heterocycles. The van der Waals surface area contributed by atoms with E-state index < -0.39 is 0 Å². The molecule has 4 unspecified atom stereocenters. The van der Waals surface area contributed by atoms with Crippen molar-refractivity contribution < 1.29 is 9.59 Å². The molecule has 3 aliphatic rings. The van der Waals surface area contributed by atoms with Gasteiger partial charge in [0.25, 0.3) is 0 Å². The van der Waals surface area contributed by atoms with Gasteiger partial charge in [0.05, 0.1) is 5.92 Å². The third kappa shape index (κ3) is 5.49. The summed E-state index contributed by atoms with van der Waals surface area (Å²) in [5.41, 5.74) is 8.06. The summed E-state index contributed by atoms with van der Waals surface area (Å²) in [5.74, 6) is 0.810. The first-order valence-electron chi connectivity index (χ1n) is 13.3. The number of hydrogen-bond acceptors (Lipinski definition) is 6. The van der Waals surface area contributed by atoms with Crippen LogP contribution >= 0.6 is 11.8 Å². The van der Waals surface area contributed by atoms with E-state index in [9.17, 15) is 9.59 Å². The molecular weight excluding hydrogens is 482 g/mol. The number of carbonyl (C=O) groups is 2. The zero-order chi connectivity index (χ0) is 26.1. The number of hydrazone groups is 1. The summed E-state index contributed by atoms with van der Waals surface area (Å²) in [6, 6.07) is 16.9. The Balaban J connectivity index is 1.40. The second-order valence-corrected chi connectivity index (χ2v) is 11.8. The number of rotatable bonds is 6. The fourth-order valence-corrected chi connectivity index (χ4v) is 6.68. The summed E-state index contributed by atoms with van der Waals surface area (Å²) in [6.07, 6.45) is 1.76. The van der Waals surface area contributed by atoms with Gasteiger partial charge >= 0.3 is 0 Å². The maximum absolute atomic E-state index is 13.9. The van der Waals surface area contributed by atoms with Crippen LogP contribution in [0.1, 0.15) is 55.4 Å². The molecule has 1 aliphatic carbocycles. The van der Waals surface area contributed by atoms with Crippen LogP contribution in [0.3, 0.4) is 0 Å². The zero-order valence-electron chi connectivity index (χ0n) is 22.1. The van der Waals surface area contributed by atoms with Crippen LogP contribution in [0.15, 0.2) is 53.6 Å². The van der Waals surface area contributed by atoms with Gasteiger partial charge in [0.15, 0.2) is 11.5 Å². The monoisotopic (exact) mass is 519 g/mol. The van der Waals surface area contributed by atoms with Gasteiger partial charge in [-0.25, -0.2) is 0 Å². The Morgan fingerprint density at radius 3 is 2.62 bits per heavy atom. The summed E-state index contributed by atoms with van der Waals surface area (Å²) in [5, 5.41) is 8.71. The zero-order valence-corrected chi connectivity index (χ0v) is 22.9. The van der Waals surface area contributed by atoms with Crippen molar-refractivity contribution in [3.63, 3.8) is 0 Å². The van der Waals surface area contributed by atoms with E-state index >= 15 is 0 Å². The van der Waals surface area contributed by atoms with E-state index in [-0.39, 0.29) is 42.0 Å². The molecule has 0 radical (unpaired) electrons. The van der Waals surface area contributed by atoms with Gasteiger partial charge in [0.2, 0.25) is 11.8 Å². The summed E-state index contributed by atoms with van der Waals surface area (Å²) in [6.45, 7) is 8.68. The summed E-state index contributed by atoms with van der Waals surface area (Å²) >= 11 is 1.69. The van der Waals surface area contributed by atoms with Gasteiger partial charge in [-0.1, -0.05) is 71.4 Å². The van der Waals surface area contributed by atoms with Crippen molar-refractivity contribution in [1.82, 2.24) is 20.5 Å². The molecule has 2 N–H and O–H groups in total. The van der Waals surface area contributed by atoms with Crippen LogP contribution in [-0.4, -0.2) is 45.2 Å². The first-order chi connectivity index (χ1) is 17.8. The summed E-state index contributed by atoms with van der Waals surface area (Å²) in [4.78, 5) is 31.0. The highest BCUT2D eigenvalue weighted by Gasteiger charge is 2.53. The minimum Gasteiger partial charge on any atom is -0.354 e. The van der Waals surface area contributed by atoms with Crippen LogP contribution in [-0.2, 0) is 21.9 Å². The van der Waals surface area contributed by atoms with Gasteiger partial charge in [0.1, 0.15) is 0 Å². The van der Waals surface area contributed by atoms with Gasteiger partial charge in [-0.05, 0) is 58.1 Å². The van der Waals surface area contributed by atoms with Crippen LogP contribution in [0.25, 0.3) is 0 Å². The lowest BCUT2D eigenvalue weighted by atomic mass is 9.75. The number of carbonyl (C=O) groups excluding carboxylic acids is 2. The number of amidine groups is 1. The van der Waals surface area contributed by atoms with Crippen molar-refractivity contribution >= 4 is 28.7 Å². The quantitative estimate of drug-likeness (QED) is 0.594. The molecule has 37 heavy (non-hydrogen) atoms. The first-order valence-corrected chi connectivity index (χ1v) is 14.2. The second-order valence-electron chi connectivity index (χ2n) is 10.9. The van der Waals surface area contributed by atoms with E-state index in [1.165, 1.54) is 16.7 Å². The summed E-state index contributed by atoms with van der Waals surface area (Å²) in [7, 11) is 0. The maximum atomic E-state index is 13.9. The number of thioether (sulfide) groups is 1. The number of aryl methyl sites for hydroxylation is 2. The molecule has 2 amide bonds. The van der Waals surface area contributed by atoms with Gasteiger partial charge in [0, 0.05) is 30.3 Å². The van der Waals surface area contributed by atoms with Crippen LogP contribution in [0.4, 0.5) is 0 Å². The Kier molecular flexibility index (Phi) is 7.47. The molecule has 8 heteroatoms. The lowest BCUT2D eigenvalue weighted by Crippen LogP contribution is -2.67.